The molecule has 0 saturated carbocycles. The lowest BCUT2D eigenvalue weighted by Crippen LogP contribution is -2.48. The molecule has 6 amide bonds. The number of carbonyl (C=O) groups is 8. The third-order valence-electron chi connectivity index (χ3n) is 9.82. The van der Waals surface area contributed by atoms with Gasteiger partial charge in [-0.05, 0) is 68.6 Å². The number of halogens is 2. The van der Waals surface area contributed by atoms with Gasteiger partial charge < -0.3 is 41.4 Å². The van der Waals surface area contributed by atoms with Gasteiger partial charge in [0.2, 0.25) is 11.8 Å². The number of carbonyl (C=O) groups excluding carboxylic acids is 8. The fraction of sp³-hybridized carbons (Fsp3) is 0.447. The van der Waals surface area contributed by atoms with Gasteiger partial charge in [0.25, 0.3) is 23.6 Å². The predicted molar refractivity (Wildman–Crippen MR) is 249 cm³/mol. The molecule has 0 aromatic carbocycles. The van der Waals surface area contributed by atoms with E-state index in [1.807, 2.05) is 13.0 Å². The second-order valence-corrected chi connectivity index (χ2v) is 16.5. The highest BCUT2D eigenvalue weighted by atomic mass is 32.1. The predicted octanol–water partition coefficient (Wildman–Crippen LogP) is 4.09. The molecule has 4 heterocycles. The van der Waals surface area contributed by atoms with E-state index in [1.165, 1.54) is 26.0 Å². The summed E-state index contributed by atoms with van der Waals surface area (Å²) in [7, 11) is 0. The number of aromatic nitrogens is 2. The van der Waals surface area contributed by atoms with Crippen molar-refractivity contribution < 1.29 is 56.6 Å². The molecule has 4 bridgehead atoms. The quantitative estimate of drug-likeness (QED) is 0.0856. The Labute approximate surface area is 399 Å². The van der Waals surface area contributed by atoms with Gasteiger partial charge in [0.15, 0.2) is 0 Å². The first-order chi connectivity index (χ1) is 32.3. The van der Waals surface area contributed by atoms with Gasteiger partial charge in [0.1, 0.15) is 58.7 Å². The molecular weight excluding hydrogens is 907 g/mol. The van der Waals surface area contributed by atoms with Crippen LogP contribution in [0.2, 0.25) is 0 Å². The summed E-state index contributed by atoms with van der Waals surface area (Å²) >= 11 is 4.13. The molecule has 2 aliphatic heterocycles. The standard InChI is InChI=1S/C24H31FN4O5.C23H29FN4O5S/c1-5-7-8-9-17-12-20(30)26-13-16-10-15(25)11-19(27-16)23(32)28-18(6-2)22(31)29-21(14(3)4)24(33)34-17;1-4-17-21(30)28-20(13(2)3)23(32)33-16(7-5-6-8-34)11-19(29)25-12-15-9-14(24)10-18(26-15)22(31)27-17/h6,8-11,14,17,21H,5,7,12-13H2,1-4H3,(H,26,30)(H,28,32)(H,29,31);4-5,7,9-10,13,16,20,34H,6,8,11-12H2,1-3H3,(H,25,29)(H,27,31)(H,28,30)/b9-8+,18-6-;7-5+,17-4-/t17-,21+;16-,20+/m11/s1. The zero-order valence-electron chi connectivity index (χ0n) is 39.1. The van der Waals surface area contributed by atoms with E-state index in [-0.39, 0.29) is 71.9 Å². The summed E-state index contributed by atoms with van der Waals surface area (Å²) in [6, 6.07) is 1.95. The number of ether oxygens (including phenoxy) is 2. The van der Waals surface area contributed by atoms with Gasteiger partial charge in [0.05, 0.1) is 37.3 Å². The average Bonchev–Trinajstić information content (AvgIpc) is 3.28. The lowest BCUT2D eigenvalue weighted by Gasteiger charge is -2.24. The third kappa shape index (κ3) is 18.1. The zero-order valence-corrected chi connectivity index (χ0v) is 40.0. The molecule has 2 aliphatic rings. The molecule has 0 radical (unpaired) electrons. The summed E-state index contributed by atoms with van der Waals surface area (Å²) in [5, 5.41) is 15.1. The van der Waals surface area contributed by atoms with Gasteiger partial charge in [-0.15, -0.1) is 0 Å². The fourth-order valence-electron chi connectivity index (χ4n) is 6.21. The van der Waals surface area contributed by atoms with Crippen molar-refractivity contribution in [1.29, 1.82) is 0 Å². The van der Waals surface area contributed by atoms with Crippen molar-refractivity contribution in [3.8, 4) is 0 Å². The Morgan fingerprint density at radius 1 is 0.647 bits per heavy atom. The molecule has 0 spiro atoms. The van der Waals surface area contributed by atoms with Crippen LogP contribution in [0.25, 0.3) is 0 Å². The average molecular weight is 967 g/mol. The second-order valence-electron chi connectivity index (χ2n) is 16.1. The highest BCUT2D eigenvalue weighted by Gasteiger charge is 2.32. The number of nitrogens with zero attached hydrogens (tertiary/aromatic N) is 2. The summed E-state index contributed by atoms with van der Waals surface area (Å²) in [4.78, 5) is 110. The monoisotopic (exact) mass is 966 g/mol. The fourth-order valence-corrected chi connectivity index (χ4v) is 6.36. The second kappa shape index (κ2) is 27.8. The summed E-state index contributed by atoms with van der Waals surface area (Å²) in [6.07, 6.45) is 9.59. The minimum absolute atomic E-state index is 0.108. The van der Waals surface area contributed by atoms with E-state index in [0.29, 0.717) is 12.2 Å². The van der Waals surface area contributed by atoms with Gasteiger partial charge in [-0.3, -0.25) is 28.8 Å². The van der Waals surface area contributed by atoms with Crippen molar-refractivity contribution >= 4 is 60.0 Å². The molecule has 368 valence electrons. The number of cyclic esters (lactones) is 2. The van der Waals surface area contributed by atoms with Crippen LogP contribution in [0, 0.1) is 23.5 Å². The van der Waals surface area contributed by atoms with E-state index in [4.69, 9.17) is 9.47 Å². The molecule has 18 nitrogen and oxygen atoms in total. The molecule has 68 heavy (non-hydrogen) atoms. The molecule has 21 heteroatoms. The molecule has 0 saturated heterocycles. The Morgan fingerprint density at radius 2 is 1.04 bits per heavy atom. The molecule has 0 fully saturated rings. The van der Waals surface area contributed by atoms with Gasteiger partial charge in [-0.2, -0.15) is 12.6 Å². The molecule has 0 unspecified atom stereocenters. The highest BCUT2D eigenvalue weighted by Crippen LogP contribution is 2.15. The molecule has 2 aromatic heterocycles. The minimum atomic E-state index is -1.05. The molecular formula is C47H60F2N8O10S. The number of esters is 2. The minimum Gasteiger partial charge on any atom is -0.456 e. The van der Waals surface area contributed by atoms with Crippen molar-refractivity contribution in [3.63, 3.8) is 0 Å². The third-order valence-corrected chi connectivity index (χ3v) is 10.1. The van der Waals surface area contributed by atoms with Crippen LogP contribution >= 0.6 is 12.6 Å². The summed E-state index contributed by atoms with van der Waals surface area (Å²) < 4.78 is 39.3. The number of nitrogens with one attached hydrogen (secondary N) is 6. The number of pyridine rings is 2. The first kappa shape index (κ1) is 55.6. The van der Waals surface area contributed by atoms with E-state index in [1.54, 1.807) is 45.9 Å². The Balaban J connectivity index is 0.000000360. The number of allylic oxidation sites excluding steroid dienone is 4. The van der Waals surface area contributed by atoms with Crippen LogP contribution in [-0.4, -0.2) is 87.4 Å². The normalized spacial score (nSPS) is 21.9. The lowest BCUT2D eigenvalue weighted by atomic mass is 10.0. The number of rotatable bonds is 8. The number of hydrogen-bond acceptors (Lipinski definition) is 13. The number of thiol groups is 1. The van der Waals surface area contributed by atoms with Crippen LogP contribution in [0.15, 0.2) is 72.1 Å². The van der Waals surface area contributed by atoms with Crippen molar-refractivity contribution in [2.75, 3.05) is 5.75 Å². The maximum Gasteiger partial charge on any atom is 0.329 e. The Kier molecular flexibility index (Phi) is 22.7. The van der Waals surface area contributed by atoms with Gasteiger partial charge in [-0.1, -0.05) is 65.3 Å². The zero-order chi connectivity index (χ0) is 50.5. The number of fused-ring (bicyclic) bond motifs is 4. The number of unbranched alkanes of at least 4 members (excludes halogenated alkanes) is 1. The number of hydrogen-bond donors (Lipinski definition) is 7. The molecule has 6 N–H and O–H groups in total. The van der Waals surface area contributed by atoms with E-state index in [9.17, 15) is 47.1 Å². The highest BCUT2D eigenvalue weighted by molar-refractivity contribution is 7.80. The van der Waals surface area contributed by atoms with E-state index >= 15 is 0 Å². The van der Waals surface area contributed by atoms with E-state index in [0.717, 1.165) is 37.1 Å². The van der Waals surface area contributed by atoms with E-state index in [2.05, 4.69) is 54.5 Å². The van der Waals surface area contributed by atoms with Crippen molar-refractivity contribution in [1.82, 2.24) is 41.9 Å². The molecule has 0 aliphatic carbocycles. The first-order valence-electron chi connectivity index (χ1n) is 22.1. The smallest absolute Gasteiger partial charge is 0.329 e. The lowest BCUT2D eigenvalue weighted by molar-refractivity contribution is -0.153. The first-order valence-corrected chi connectivity index (χ1v) is 22.7. The molecule has 2 aromatic rings. The largest absolute Gasteiger partial charge is 0.456 e. The van der Waals surface area contributed by atoms with Crippen molar-refractivity contribution in [2.24, 2.45) is 11.8 Å². The topological polar surface area (TPSA) is 253 Å². The summed E-state index contributed by atoms with van der Waals surface area (Å²) in [6.45, 7) is 11.7. The molecule has 4 atom stereocenters. The van der Waals surface area contributed by atoms with E-state index < -0.39 is 83.3 Å². The maximum atomic E-state index is 14.1. The van der Waals surface area contributed by atoms with Crippen LogP contribution in [0.4, 0.5) is 8.78 Å². The van der Waals surface area contributed by atoms with Crippen molar-refractivity contribution in [3.05, 3.63) is 107 Å². The van der Waals surface area contributed by atoms with Crippen LogP contribution in [0.3, 0.4) is 0 Å². The van der Waals surface area contributed by atoms with Crippen molar-refractivity contribution in [2.45, 2.75) is 118 Å². The molecule has 4 rings (SSSR count). The van der Waals surface area contributed by atoms with Gasteiger partial charge in [0, 0.05) is 12.1 Å². The van der Waals surface area contributed by atoms with Gasteiger partial charge in [-0.25, -0.2) is 28.3 Å². The van der Waals surface area contributed by atoms with Crippen LogP contribution in [-0.2, 0) is 51.3 Å². The summed E-state index contributed by atoms with van der Waals surface area (Å²) in [5.41, 5.74) is -0.569. The summed E-state index contributed by atoms with van der Waals surface area (Å²) in [5.74, 6) is -7.00. The maximum absolute atomic E-state index is 14.1. The SMILES string of the molecule is C/C=C1\NC(=O)c2cc(F)cc(n2)CNC(=O)C[C@@H](/C=C/CCC)OC(=O)[C@H](C(C)C)NC1=O.C/C=C1\NC(=O)c2cc(F)cc(n2)CNC(=O)C[C@@H](/C=C/CCS)OC(=O)[C@H](C(C)C)NC1=O. The van der Waals surface area contributed by atoms with Crippen LogP contribution in [0.5, 0.6) is 0 Å². The Hall–Kier alpha value is -6.77. The Morgan fingerprint density at radius 3 is 1.40 bits per heavy atom. The van der Waals surface area contributed by atoms with Crippen LogP contribution in [0.1, 0.15) is 113 Å². The number of amides is 6. The Bertz CT molecular complexity index is 2140. The van der Waals surface area contributed by atoms with Gasteiger partial charge >= 0.3 is 11.9 Å². The van der Waals surface area contributed by atoms with Crippen LogP contribution < -0.4 is 31.9 Å².